The van der Waals surface area contributed by atoms with Crippen molar-refractivity contribution in [3.63, 3.8) is 0 Å². The molecule has 0 heterocycles. The minimum absolute atomic E-state index is 0.149. The molecule has 0 aromatic carbocycles. The quantitative estimate of drug-likeness (QED) is 0.0881. The molecule has 0 rings (SSSR count). The maximum absolute atomic E-state index is 12.0. The van der Waals surface area contributed by atoms with E-state index in [9.17, 15) is 9.59 Å². The number of hydrogen-bond acceptors (Lipinski definition) is 5. The Bertz CT molecular complexity index is 479. The van der Waals surface area contributed by atoms with Gasteiger partial charge in [-0.05, 0) is 26.7 Å². The van der Waals surface area contributed by atoms with Crippen LogP contribution in [0.25, 0.3) is 0 Å². The van der Waals surface area contributed by atoms with E-state index >= 15 is 0 Å². The Hall–Kier alpha value is -1.10. The molecule has 2 atom stereocenters. The van der Waals surface area contributed by atoms with E-state index in [-0.39, 0.29) is 30.8 Å². The van der Waals surface area contributed by atoms with E-state index < -0.39 is 0 Å². The highest BCUT2D eigenvalue weighted by atomic mass is 16.6. The molecule has 35 heavy (non-hydrogen) atoms. The van der Waals surface area contributed by atoms with E-state index in [1.807, 2.05) is 13.8 Å². The molecule has 0 aliphatic carbocycles. The van der Waals surface area contributed by atoms with Crippen LogP contribution >= 0.6 is 0 Å². The van der Waals surface area contributed by atoms with Crippen molar-refractivity contribution in [2.24, 2.45) is 0 Å². The SMILES string of the molecule is CCCCCCCCCCCC(=O)OCC(C)OCC(C)OC(=O)CCCCCCCCCCC. The number of carbonyl (C=O) groups is 2. The molecule has 0 saturated heterocycles. The van der Waals surface area contributed by atoms with Gasteiger partial charge in [-0.3, -0.25) is 9.59 Å². The van der Waals surface area contributed by atoms with Crippen LogP contribution in [-0.2, 0) is 23.8 Å². The second-order valence-electron chi connectivity index (χ2n) is 10.3. The molecule has 5 heteroatoms. The number of hydrogen-bond donors (Lipinski definition) is 0. The van der Waals surface area contributed by atoms with Gasteiger partial charge in [0.15, 0.2) is 0 Å². The van der Waals surface area contributed by atoms with Crippen LogP contribution in [0, 0.1) is 0 Å². The lowest BCUT2D eigenvalue weighted by atomic mass is 10.1. The summed E-state index contributed by atoms with van der Waals surface area (Å²) in [6, 6.07) is 0. The van der Waals surface area contributed by atoms with Crippen molar-refractivity contribution in [1.29, 1.82) is 0 Å². The molecule has 0 aromatic heterocycles. The summed E-state index contributed by atoms with van der Waals surface area (Å²) >= 11 is 0. The highest BCUT2D eigenvalue weighted by molar-refractivity contribution is 5.69. The van der Waals surface area contributed by atoms with Crippen molar-refractivity contribution in [2.45, 2.75) is 168 Å². The number of carbonyl (C=O) groups excluding carboxylic acids is 2. The third-order valence-electron chi connectivity index (χ3n) is 6.40. The Balaban J connectivity index is 3.57. The van der Waals surface area contributed by atoms with Crippen LogP contribution in [0.4, 0.5) is 0 Å². The van der Waals surface area contributed by atoms with Gasteiger partial charge in [0.25, 0.3) is 0 Å². The molecule has 2 unspecified atom stereocenters. The first-order chi connectivity index (χ1) is 17.0. The topological polar surface area (TPSA) is 61.8 Å². The van der Waals surface area contributed by atoms with Gasteiger partial charge in [0.2, 0.25) is 0 Å². The van der Waals surface area contributed by atoms with Crippen molar-refractivity contribution in [2.75, 3.05) is 13.2 Å². The number of ether oxygens (including phenoxy) is 3. The number of rotatable bonds is 26. The van der Waals surface area contributed by atoms with Gasteiger partial charge in [-0.15, -0.1) is 0 Å². The summed E-state index contributed by atoms with van der Waals surface area (Å²) < 4.78 is 16.5. The standard InChI is InChI=1S/C30H58O5/c1-5-7-9-11-13-15-17-19-21-23-29(31)34-25-27(3)33-26-28(4)35-30(32)24-22-20-18-16-14-12-10-8-6-2/h27-28H,5-26H2,1-4H3. The molecule has 0 spiro atoms. The zero-order chi connectivity index (χ0) is 26.0. The molecule has 0 radical (unpaired) electrons. The Labute approximate surface area is 217 Å². The normalized spacial score (nSPS) is 12.9. The maximum atomic E-state index is 12.0. The predicted molar refractivity (Wildman–Crippen MR) is 146 cm³/mol. The van der Waals surface area contributed by atoms with Crippen LogP contribution < -0.4 is 0 Å². The fourth-order valence-corrected chi connectivity index (χ4v) is 4.11. The summed E-state index contributed by atoms with van der Waals surface area (Å²) in [5.74, 6) is -0.298. The predicted octanol–water partition coefficient (Wildman–Crippen LogP) is 8.71. The van der Waals surface area contributed by atoms with E-state index in [2.05, 4.69) is 13.8 Å². The zero-order valence-electron chi connectivity index (χ0n) is 23.8. The molecular formula is C30H58O5. The maximum Gasteiger partial charge on any atom is 0.306 e. The summed E-state index contributed by atoms with van der Waals surface area (Å²) in [5, 5.41) is 0. The van der Waals surface area contributed by atoms with Crippen LogP contribution in [0.2, 0.25) is 0 Å². The molecule has 0 amide bonds. The third-order valence-corrected chi connectivity index (χ3v) is 6.40. The smallest absolute Gasteiger partial charge is 0.306 e. The van der Waals surface area contributed by atoms with E-state index in [1.165, 1.54) is 89.9 Å². The van der Waals surface area contributed by atoms with E-state index in [0.29, 0.717) is 19.4 Å². The van der Waals surface area contributed by atoms with Crippen LogP contribution in [0.3, 0.4) is 0 Å². The zero-order valence-corrected chi connectivity index (χ0v) is 23.8. The first-order valence-corrected chi connectivity index (χ1v) is 15.0. The van der Waals surface area contributed by atoms with Gasteiger partial charge in [-0.25, -0.2) is 0 Å². The minimum Gasteiger partial charge on any atom is -0.463 e. The molecule has 0 bridgehead atoms. The van der Waals surface area contributed by atoms with Gasteiger partial charge >= 0.3 is 11.9 Å². The molecular weight excluding hydrogens is 440 g/mol. The van der Waals surface area contributed by atoms with Crippen LogP contribution in [0.5, 0.6) is 0 Å². The summed E-state index contributed by atoms with van der Waals surface area (Å²) in [6.45, 7) is 8.77. The molecule has 5 nitrogen and oxygen atoms in total. The van der Waals surface area contributed by atoms with Gasteiger partial charge in [-0.1, -0.05) is 117 Å². The fraction of sp³-hybridized carbons (Fsp3) is 0.933. The number of esters is 2. The van der Waals surface area contributed by atoms with Crippen molar-refractivity contribution in [1.82, 2.24) is 0 Å². The molecule has 0 aliphatic rings. The van der Waals surface area contributed by atoms with Gasteiger partial charge in [0, 0.05) is 12.8 Å². The molecule has 0 fully saturated rings. The second kappa shape index (κ2) is 26.0. The third kappa shape index (κ3) is 25.8. The van der Waals surface area contributed by atoms with Crippen molar-refractivity contribution in [3.8, 4) is 0 Å². The van der Waals surface area contributed by atoms with E-state index in [0.717, 1.165) is 25.7 Å². The van der Waals surface area contributed by atoms with Crippen LogP contribution in [0.15, 0.2) is 0 Å². The minimum atomic E-state index is -0.291. The summed E-state index contributed by atoms with van der Waals surface area (Å²) in [7, 11) is 0. The average Bonchev–Trinajstić information content (AvgIpc) is 2.84. The monoisotopic (exact) mass is 498 g/mol. The molecule has 0 aliphatic heterocycles. The molecule has 0 saturated carbocycles. The fourth-order valence-electron chi connectivity index (χ4n) is 4.11. The van der Waals surface area contributed by atoms with Crippen LogP contribution in [-0.4, -0.2) is 37.4 Å². The first kappa shape index (κ1) is 33.9. The highest BCUT2D eigenvalue weighted by Gasteiger charge is 2.13. The lowest BCUT2D eigenvalue weighted by Gasteiger charge is -2.18. The van der Waals surface area contributed by atoms with E-state index in [4.69, 9.17) is 14.2 Å². The molecule has 208 valence electrons. The number of unbranched alkanes of at least 4 members (excludes halogenated alkanes) is 16. The van der Waals surface area contributed by atoms with Crippen molar-refractivity contribution < 1.29 is 23.8 Å². The Morgan fingerprint density at radius 1 is 0.514 bits per heavy atom. The van der Waals surface area contributed by atoms with Gasteiger partial charge in [-0.2, -0.15) is 0 Å². The lowest BCUT2D eigenvalue weighted by molar-refractivity contribution is -0.154. The average molecular weight is 499 g/mol. The Morgan fingerprint density at radius 2 is 0.914 bits per heavy atom. The Morgan fingerprint density at radius 3 is 1.37 bits per heavy atom. The second-order valence-corrected chi connectivity index (χ2v) is 10.3. The Kier molecular flexibility index (Phi) is 25.2. The summed E-state index contributed by atoms with van der Waals surface area (Å²) in [6.07, 6.45) is 22.7. The van der Waals surface area contributed by atoms with Gasteiger partial charge in [0.1, 0.15) is 12.7 Å². The van der Waals surface area contributed by atoms with Gasteiger partial charge in [0.05, 0.1) is 12.7 Å². The van der Waals surface area contributed by atoms with Crippen molar-refractivity contribution >= 4 is 11.9 Å². The van der Waals surface area contributed by atoms with Crippen molar-refractivity contribution in [3.05, 3.63) is 0 Å². The summed E-state index contributed by atoms with van der Waals surface area (Å²) in [5.41, 5.74) is 0. The lowest BCUT2D eigenvalue weighted by Crippen LogP contribution is -2.26. The largest absolute Gasteiger partial charge is 0.463 e. The summed E-state index contributed by atoms with van der Waals surface area (Å²) in [4.78, 5) is 23.9. The molecule has 0 N–H and O–H groups in total. The van der Waals surface area contributed by atoms with E-state index in [1.54, 1.807) is 0 Å². The highest BCUT2D eigenvalue weighted by Crippen LogP contribution is 2.12. The van der Waals surface area contributed by atoms with Gasteiger partial charge < -0.3 is 14.2 Å². The molecule has 0 aromatic rings. The first-order valence-electron chi connectivity index (χ1n) is 15.0. The van der Waals surface area contributed by atoms with Crippen LogP contribution in [0.1, 0.15) is 156 Å².